The first-order chi connectivity index (χ1) is 10.7. The minimum absolute atomic E-state index is 0.181. The van der Waals surface area contributed by atoms with Crippen LogP contribution in [0.1, 0.15) is 25.7 Å². The van der Waals surface area contributed by atoms with Gasteiger partial charge in [0.15, 0.2) is 5.58 Å². The van der Waals surface area contributed by atoms with Gasteiger partial charge in [0.05, 0.1) is 0 Å². The smallest absolute Gasteiger partial charge is 0.298 e. The highest BCUT2D eigenvalue weighted by atomic mass is 35.5. The van der Waals surface area contributed by atoms with E-state index >= 15 is 0 Å². The summed E-state index contributed by atoms with van der Waals surface area (Å²) >= 11 is 5.99. The van der Waals surface area contributed by atoms with E-state index < -0.39 is 0 Å². The number of carbonyl (C=O) groups is 1. The van der Waals surface area contributed by atoms with E-state index in [0.717, 1.165) is 49.9 Å². The molecule has 116 valence electrons. The summed E-state index contributed by atoms with van der Waals surface area (Å²) in [5.41, 5.74) is 1.51. The standard InChI is InChI=1S/C16H18ClN3O2/c17-11-5-6-14-13(8-11)19-16(22-14)20-7-1-2-12(9-20)18-15(21)10-3-4-10/h5-6,8,10,12H,1-4,7,9H2,(H,18,21). The Hall–Kier alpha value is -1.75. The number of aromatic nitrogens is 1. The lowest BCUT2D eigenvalue weighted by atomic mass is 10.1. The summed E-state index contributed by atoms with van der Waals surface area (Å²) in [6.07, 6.45) is 4.11. The van der Waals surface area contributed by atoms with Crippen LogP contribution in [-0.2, 0) is 4.79 Å². The molecular formula is C16H18ClN3O2. The Morgan fingerprint density at radius 1 is 1.36 bits per heavy atom. The van der Waals surface area contributed by atoms with Crippen molar-refractivity contribution < 1.29 is 9.21 Å². The second-order valence-corrected chi connectivity index (χ2v) is 6.61. The van der Waals surface area contributed by atoms with E-state index in [1.54, 1.807) is 12.1 Å². The van der Waals surface area contributed by atoms with Gasteiger partial charge in [0.2, 0.25) is 5.91 Å². The summed E-state index contributed by atoms with van der Waals surface area (Å²) in [6, 6.07) is 6.24. The first kappa shape index (κ1) is 13.9. The number of halogens is 1. The van der Waals surface area contributed by atoms with Crippen LogP contribution in [0.3, 0.4) is 0 Å². The van der Waals surface area contributed by atoms with E-state index in [4.69, 9.17) is 16.0 Å². The molecule has 0 spiro atoms. The predicted molar refractivity (Wildman–Crippen MR) is 85.1 cm³/mol. The summed E-state index contributed by atoms with van der Waals surface area (Å²) < 4.78 is 5.82. The molecule has 2 fully saturated rings. The molecular weight excluding hydrogens is 302 g/mol. The zero-order valence-electron chi connectivity index (χ0n) is 12.2. The number of nitrogens with one attached hydrogen (secondary N) is 1. The topological polar surface area (TPSA) is 58.4 Å². The lowest BCUT2D eigenvalue weighted by molar-refractivity contribution is -0.123. The summed E-state index contributed by atoms with van der Waals surface area (Å²) in [5.74, 6) is 0.457. The van der Waals surface area contributed by atoms with E-state index in [1.807, 2.05) is 6.07 Å². The number of anilines is 1. The van der Waals surface area contributed by atoms with Gasteiger partial charge in [0.1, 0.15) is 5.52 Å². The molecule has 2 aromatic rings. The third-order valence-electron chi connectivity index (χ3n) is 4.32. The van der Waals surface area contributed by atoms with Gasteiger partial charge >= 0.3 is 0 Å². The number of hydrogen-bond acceptors (Lipinski definition) is 4. The van der Waals surface area contributed by atoms with Crippen molar-refractivity contribution in [1.29, 1.82) is 0 Å². The fraction of sp³-hybridized carbons (Fsp3) is 0.500. The second kappa shape index (κ2) is 5.47. The predicted octanol–water partition coefficient (Wildman–Crippen LogP) is 2.98. The molecule has 1 unspecified atom stereocenters. The first-order valence-corrected chi connectivity index (χ1v) is 8.18. The molecule has 6 heteroatoms. The molecule has 1 aliphatic heterocycles. The minimum atomic E-state index is 0.181. The first-order valence-electron chi connectivity index (χ1n) is 7.80. The molecule has 0 radical (unpaired) electrons. The number of fused-ring (bicyclic) bond motifs is 1. The van der Waals surface area contributed by atoms with Crippen molar-refractivity contribution in [2.24, 2.45) is 5.92 Å². The number of carbonyl (C=O) groups excluding carboxylic acids is 1. The van der Waals surface area contributed by atoms with Crippen molar-refractivity contribution in [3.8, 4) is 0 Å². The van der Waals surface area contributed by atoms with Crippen LogP contribution in [0.4, 0.5) is 6.01 Å². The second-order valence-electron chi connectivity index (χ2n) is 6.18. The van der Waals surface area contributed by atoms with Gasteiger partial charge < -0.3 is 14.6 Å². The van der Waals surface area contributed by atoms with Gasteiger partial charge in [0.25, 0.3) is 6.01 Å². The largest absolute Gasteiger partial charge is 0.423 e. The molecule has 1 aromatic heterocycles. The average Bonchev–Trinajstić information content (AvgIpc) is 3.27. The van der Waals surface area contributed by atoms with Crippen molar-refractivity contribution in [3.05, 3.63) is 23.2 Å². The summed E-state index contributed by atoms with van der Waals surface area (Å²) in [7, 11) is 0. The molecule has 1 atom stereocenters. The maximum Gasteiger partial charge on any atom is 0.298 e. The summed E-state index contributed by atoms with van der Waals surface area (Å²) in [6.45, 7) is 1.65. The molecule has 0 bridgehead atoms. The van der Waals surface area contributed by atoms with Gasteiger partial charge in [0, 0.05) is 30.1 Å². The zero-order chi connectivity index (χ0) is 15.1. The molecule has 5 nitrogen and oxygen atoms in total. The van der Waals surface area contributed by atoms with Crippen LogP contribution in [-0.4, -0.2) is 30.0 Å². The van der Waals surface area contributed by atoms with Crippen LogP contribution in [0.5, 0.6) is 0 Å². The zero-order valence-corrected chi connectivity index (χ0v) is 13.0. The quantitative estimate of drug-likeness (QED) is 0.945. The Bertz CT molecular complexity index is 710. The number of hydrogen-bond donors (Lipinski definition) is 1. The Morgan fingerprint density at radius 2 is 2.23 bits per heavy atom. The van der Waals surface area contributed by atoms with Crippen LogP contribution in [0.2, 0.25) is 5.02 Å². The summed E-state index contributed by atoms with van der Waals surface area (Å²) in [5, 5.41) is 3.81. The molecule has 2 heterocycles. The average molecular weight is 320 g/mol. The Labute approximate surface area is 133 Å². The van der Waals surface area contributed by atoms with E-state index in [0.29, 0.717) is 11.0 Å². The van der Waals surface area contributed by atoms with Gasteiger partial charge in [-0.25, -0.2) is 0 Å². The van der Waals surface area contributed by atoms with Crippen LogP contribution >= 0.6 is 11.6 Å². The van der Waals surface area contributed by atoms with Gasteiger partial charge in [-0.15, -0.1) is 0 Å². The van der Waals surface area contributed by atoms with Crippen LogP contribution in [0.25, 0.3) is 11.1 Å². The van der Waals surface area contributed by atoms with E-state index in [1.165, 1.54) is 0 Å². The number of benzene rings is 1. The summed E-state index contributed by atoms with van der Waals surface area (Å²) in [4.78, 5) is 18.5. The molecule has 4 rings (SSSR count). The molecule has 1 aliphatic carbocycles. The molecule has 1 saturated carbocycles. The van der Waals surface area contributed by atoms with Gasteiger partial charge in [-0.1, -0.05) is 11.6 Å². The Balaban J connectivity index is 1.49. The number of rotatable bonds is 3. The minimum Gasteiger partial charge on any atom is -0.423 e. The third kappa shape index (κ3) is 2.77. The Morgan fingerprint density at radius 3 is 3.05 bits per heavy atom. The normalized spacial score (nSPS) is 22.0. The fourth-order valence-corrected chi connectivity index (χ4v) is 3.12. The molecule has 1 N–H and O–H groups in total. The van der Waals surface area contributed by atoms with Gasteiger partial charge in [-0.2, -0.15) is 4.98 Å². The van der Waals surface area contributed by atoms with Crippen molar-refractivity contribution >= 4 is 34.6 Å². The number of nitrogens with zero attached hydrogens (tertiary/aromatic N) is 2. The van der Waals surface area contributed by atoms with Crippen LogP contribution in [0.15, 0.2) is 22.6 Å². The fourth-order valence-electron chi connectivity index (χ4n) is 2.96. The van der Waals surface area contributed by atoms with Crippen LogP contribution in [0, 0.1) is 5.92 Å². The van der Waals surface area contributed by atoms with Crippen molar-refractivity contribution in [3.63, 3.8) is 0 Å². The highest BCUT2D eigenvalue weighted by Crippen LogP contribution is 2.30. The van der Waals surface area contributed by atoms with Crippen molar-refractivity contribution in [1.82, 2.24) is 10.3 Å². The maximum absolute atomic E-state index is 11.9. The molecule has 1 aromatic carbocycles. The molecule has 2 aliphatic rings. The number of piperidine rings is 1. The monoisotopic (exact) mass is 319 g/mol. The van der Waals surface area contributed by atoms with E-state index in [2.05, 4.69) is 15.2 Å². The van der Waals surface area contributed by atoms with Crippen molar-refractivity contribution in [2.75, 3.05) is 18.0 Å². The maximum atomic E-state index is 11.9. The third-order valence-corrected chi connectivity index (χ3v) is 4.56. The molecule has 1 amide bonds. The SMILES string of the molecule is O=C(NC1CCCN(c2nc3cc(Cl)ccc3o2)C1)C1CC1. The van der Waals surface area contributed by atoms with Crippen molar-refractivity contribution in [2.45, 2.75) is 31.7 Å². The Kier molecular flexibility index (Phi) is 3.45. The number of oxazole rings is 1. The van der Waals surface area contributed by atoms with Gasteiger partial charge in [-0.3, -0.25) is 4.79 Å². The highest BCUT2D eigenvalue weighted by molar-refractivity contribution is 6.31. The van der Waals surface area contributed by atoms with E-state index in [-0.39, 0.29) is 17.9 Å². The van der Waals surface area contributed by atoms with Gasteiger partial charge in [-0.05, 0) is 43.9 Å². The molecule has 22 heavy (non-hydrogen) atoms. The lowest BCUT2D eigenvalue weighted by Crippen LogP contribution is -2.48. The van der Waals surface area contributed by atoms with Crippen LogP contribution < -0.4 is 10.2 Å². The lowest BCUT2D eigenvalue weighted by Gasteiger charge is -2.32. The number of amides is 1. The molecule has 1 saturated heterocycles. The highest BCUT2D eigenvalue weighted by Gasteiger charge is 2.32. The van der Waals surface area contributed by atoms with E-state index in [9.17, 15) is 4.79 Å².